The zero-order chi connectivity index (χ0) is 14.2. The van der Waals surface area contributed by atoms with Crippen molar-refractivity contribution in [2.45, 2.75) is 13.0 Å². The van der Waals surface area contributed by atoms with Gasteiger partial charge in [-0.25, -0.2) is 0 Å². The fourth-order valence-corrected chi connectivity index (χ4v) is 3.44. The molecule has 0 amide bonds. The second kappa shape index (κ2) is 6.27. The van der Waals surface area contributed by atoms with Gasteiger partial charge in [0.1, 0.15) is 6.10 Å². The molecule has 100 valence electrons. The Hall–Kier alpha value is 0.130. The largest absolute Gasteiger partial charge is 0.384 e. The number of aliphatic hydroxyl groups is 1. The fraction of sp³-hybridized carbons (Fsp3) is 0.143. The summed E-state index contributed by atoms with van der Waals surface area (Å²) in [7, 11) is 0. The van der Waals surface area contributed by atoms with Crippen molar-refractivity contribution in [3.63, 3.8) is 0 Å². The van der Waals surface area contributed by atoms with E-state index in [-0.39, 0.29) is 0 Å². The molecule has 0 aliphatic heterocycles. The summed E-state index contributed by atoms with van der Waals surface area (Å²) in [6.07, 6.45) is -0.751. The molecule has 0 fully saturated rings. The van der Waals surface area contributed by atoms with Crippen LogP contribution in [0.2, 0.25) is 5.02 Å². The van der Waals surface area contributed by atoms with Gasteiger partial charge in [-0.3, -0.25) is 0 Å². The second-order valence-corrected chi connectivity index (χ2v) is 7.19. The van der Waals surface area contributed by atoms with E-state index in [0.717, 1.165) is 30.1 Å². The van der Waals surface area contributed by atoms with E-state index >= 15 is 0 Å². The van der Waals surface area contributed by atoms with Gasteiger partial charge in [-0.15, -0.1) is 0 Å². The Morgan fingerprint density at radius 2 is 1.58 bits per heavy atom. The van der Waals surface area contributed by atoms with Crippen molar-refractivity contribution in [2.75, 3.05) is 0 Å². The monoisotopic (exact) mass is 466 g/mol. The highest BCUT2D eigenvalue weighted by Gasteiger charge is 2.18. The number of aliphatic hydroxyl groups excluding tert-OH is 1. The highest BCUT2D eigenvalue weighted by atomic mass is 79.9. The molecule has 0 heterocycles. The Kier molecular flexibility index (Phi) is 5.12. The fourth-order valence-electron chi connectivity index (χ4n) is 1.76. The third-order valence-electron chi connectivity index (χ3n) is 2.83. The first-order valence-electron chi connectivity index (χ1n) is 5.48. The van der Waals surface area contributed by atoms with Crippen LogP contribution in [-0.4, -0.2) is 5.11 Å². The quantitative estimate of drug-likeness (QED) is 0.571. The smallest absolute Gasteiger partial charge is 0.106 e. The van der Waals surface area contributed by atoms with Crippen molar-refractivity contribution < 1.29 is 5.11 Å². The molecule has 2 rings (SSSR count). The maximum absolute atomic E-state index is 10.6. The summed E-state index contributed by atoms with van der Waals surface area (Å²) in [6.45, 7) is 2.00. The molecule has 1 unspecified atom stereocenters. The van der Waals surface area contributed by atoms with Crippen LogP contribution in [0, 0.1) is 6.92 Å². The summed E-state index contributed by atoms with van der Waals surface area (Å²) < 4.78 is 2.66. The molecule has 0 aliphatic rings. The Labute approximate surface area is 142 Å². The van der Waals surface area contributed by atoms with Gasteiger partial charge in [-0.05, 0) is 42.8 Å². The topological polar surface area (TPSA) is 20.2 Å². The van der Waals surface area contributed by atoms with Crippen LogP contribution < -0.4 is 0 Å². The van der Waals surface area contributed by atoms with Crippen LogP contribution in [0.3, 0.4) is 0 Å². The van der Waals surface area contributed by atoms with Gasteiger partial charge < -0.3 is 5.11 Å². The minimum Gasteiger partial charge on any atom is -0.384 e. The molecule has 0 spiro atoms. The summed E-state index contributed by atoms with van der Waals surface area (Å²) >= 11 is 16.4. The van der Waals surface area contributed by atoms with Gasteiger partial charge in [-0.1, -0.05) is 59.4 Å². The summed E-state index contributed by atoms with van der Waals surface area (Å²) in [5, 5.41) is 11.2. The lowest BCUT2D eigenvalue weighted by molar-refractivity contribution is 0.218. The highest BCUT2D eigenvalue weighted by Crippen LogP contribution is 2.36. The number of hydrogen-bond donors (Lipinski definition) is 1. The predicted molar refractivity (Wildman–Crippen MR) is 89.8 cm³/mol. The standard InChI is InChI=1S/C14H10Br3ClO/c1-7-4-13(17)10(6-12(7)16)14(19)9-5-8(18)2-3-11(9)15/h2-6,14,19H,1H3. The van der Waals surface area contributed by atoms with Crippen LogP contribution in [0.15, 0.2) is 43.7 Å². The van der Waals surface area contributed by atoms with Crippen LogP contribution in [0.1, 0.15) is 22.8 Å². The maximum atomic E-state index is 10.6. The predicted octanol–water partition coefficient (Wildman–Crippen LogP) is 6.02. The summed E-state index contributed by atoms with van der Waals surface area (Å²) in [4.78, 5) is 0. The van der Waals surface area contributed by atoms with E-state index in [1.165, 1.54) is 0 Å². The highest BCUT2D eigenvalue weighted by molar-refractivity contribution is 9.11. The average molecular weight is 469 g/mol. The number of benzene rings is 2. The molecule has 1 atom stereocenters. The van der Waals surface area contributed by atoms with Gasteiger partial charge in [-0.2, -0.15) is 0 Å². The Bertz CT molecular complexity index is 628. The van der Waals surface area contributed by atoms with E-state index in [0.29, 0.717) is 5.02 Å². The Morgan fingerprint density at radius 1 is 0.947 bits per heavy atom. The van der Waals surface area contributed by atoms with E-state index in [2.05, 4.69) is 47.8 Å². The molecule has 19 heavy (non-hydrogen) atoms. The normalized spacial score (nSPS) is 12.5. The minimum absolute atomic E-state index is 0.597. The third-order valence-corrected chi connectivity index (χ3v) is 5.32. The molecule has 5 heteroatoms. The van der Waals surface area contributed by atoms with Gasteiger partial charge in [0.25, 0.3) is 0 Å². The molecule has 0 aromatic heterocycles. The van der Waals surface area contributed by atoms with Crippen molar-refractivity contribution >= 4 is 59.4 Å². The SMILES string of the molecule is Cc1cc(Br)c(C(O)c2cc(Cl)ccc2Br)cc1Br. The maximum Gasteiger partial charge on any atom is 0.106 e. The zero-order valence-corrected chi connectivity index (χ0v) is 15.4. The summed E-state index contributed by atoms with van der Waals surface area (Å²) in [6, 6.07) is 9.26. The van der Waals surface area contributed by atoms with Gasteiger partial charge in [0.15, 0.2) is 0 Å². The van der Waals surface area contributed by atoms with Gasteiger partial charge >= 0.3 is 0 Å². The molecule has 1 nitrogen and oxygen atoms in total. The lowest BCUT2D eigenvalue weighted by atomic mass is 10.0. The molecule has 2 aromatic rings. The lowest BCUT2D eigenvalue weighted by Gasteiger charge is -2.16. The van der Waals surface area contributed by atoms with Crippen molar-refractivity contribution in [1.82, 2.24) is 0 Å². The number of aryl methyl sites for hydroxylation is 1. The first-order valence-corrected chi connectivity index (χ1v) is 8.24. The molecule has 0 bridgehead atoms. The van der Waals surface area contributed by atoms with Crippen LogP contribution in [-0.2, 0) is 0 Å². The molecule has 0 aliphatic carbocycles. The molecule has 0 saturated carbocycles. The van der Waals surface area contributed by atoms with Gasteiger partial charge in [0.05, 0.1) is 0 Å². The Balaban J connectivity index is 2.52. The van der Waals surface area contributed by atoms with E-state index in [1.54, 1.807) is 12.1 Å². The van der Waals surface area contributed by atoms with Gasteiger partial charge in [0, 0.05) is 29.6 Å². The molecular weight excluding hydrogens is 459 g/mol. The van der Waals surface area contributed by atoms with Gasteiger partial charge in [0.2, 0.25) is 0 Å². The molecular formula is C14H10Br3ClO. The average Bonchev–Trinajstić information content (AvgIpc) is 2.36. The molecule has 0 saturated heterocycles. The van der Waals surface area contributed by atoms with Crippen LogP contribution in [0.25, 0.3) is 0 Å². The van der Waals surface area contributed by atoms with Crippen LogP contribution >= 0.6 is 59.4 Å². The molecule has 0 radical (unpaired) electrons. The second-order valence-electron chi connectivity index (χ2n) is 4.19. The van der Waals surface area contributed by atoms with Crippen molar-refractivity contribution in [1.29, 1.82) is 0 Å². The van der Waals surface area contributed by atoms with E-state index in [1.807, 2.05) is 25.1 Å². The lowest BCUT2D eigenvalue weighted by Crippen LogP contribution is -2.02. The number of rotatable bonds is 2. The van der Waals surface area contributed by atoms with Crippen molar-refractivity contribution in [2.24, 2.45) is 0 Å². The van der Waals surface area contributed by atoms with Crippen LogP contribution in [0.4, 0.5) is 0 Å². The van der Waals surface area contributed by atoms with Crippen LogP contribution in [0.5, 0.6) is 0 Å². The molecule has 1 N–H and O–H groups in total. The first-order chi connectivity index (χ1) is 8.90. The van der Waals surface area contributed by atoms with Crippen molar-refractivity contribution in [3.05, 3.63) is 65.5 Å². The van der Waals surface area contributed by atoms with E-state index in [9.17, 15) is 5.11 Å². The zero-order valence-electron chi connectivity index (χ0n) is 9.92. The minimum atomic E-state index is -0.751. The third kappa shape index (κ3) is 3.42. The first kappa shape index (κ1) is 15.5. The van der Waals surface area contributed by atoms with E-state index < -0.39 is 6.10 Å². The summed E-state index contributed by atoms with van der Waals surface area (Å²) in [5.41, 5.74) is 2.64. The number of hydrogen-bond acceptors (Lipinski definition) is 1. The molecule has 2 aromatic carbocycles. The number of halogens is 4. The summed E-state index contributed by atoms with van der Waals surface area (Å²) in [5.74, 6) is 0. The van der Waals surface area contributed by atoms with Crippen molar-refractivity contribution in [3.8, 4) is 0 Å². The Morgan fingerprint density at radius 3 is 2.26 bits per heavy atom. The van der Waals surface area contributed by atoms with E-state index in [4.69, 9.17) is 11.6 Å².